The second-order valence-corrected chi connectivity index (χ2v) is 10.7. The fourth-order valence-corrected chi connectivity index (χ4v) is 4.44. The summed E-state index contributed by atoms with van der Waals surface area (Å²) >= 11 is 0. The quantitative estimate of drug-likeness (QED) is 0.0650. The number of benzene rings is 2. The summed E-state index contributed by atoms with van der Waals surface area (Å²) in [6.07, 6.45) is 21.4. The van der Waals surface area contributed by atoms with Crippen LogP contribution in [0.4, 0.5) is 11.4 Å². The molecule has 0 amide bonds. The number of ether oxygens (including phenoxy) is 2. The largest absolute Gasteiger partial charge is 0.457 e. The molecule has 216 valence electrons. The number of rotatable bonds is 22. The number of hydrogen-bond donors (Lipinski definition) is 0. The van der Waals surface area contributed by atoms with E-state index in [9.17, 15) is 4.79 Å². The van der Waals surface area contributed by atoms with E-state index in [0.29, 0.717) is 5.75 Å². The molecular formula is C34H52N2O3. The third-order valence-electron chi connectivity index (χ3n) is 7.31. The molecule has 1 atom stereocenters. The molecule has 0 aliphatic carbocycles. The molecule has 2 aromatic carbocycles. The van der Waals surface area contributed by atoms with Crippen molar-refractivity contribution in [3.05, 3.63) is 54.1 Å². The average Bonchev–Trinajstić information content (AvgIpc) is 2.97. The van der Waals surface area contributed by atoms with Crippen LogP contribution in [0.25, 0.3) is 0 Å². The van der Waals surface area contributed by atoms with Gasteiger partial charge in [-0.2, -0.15) is 10.2 Å². The van der Waals surface area contributed by atoms with Crippen LogP contribution in [0.2, 0.25) is 0 Å². The van der Waals surface area contributed by atoms with E-state index in [0.717, 1.165) is 24.2 Å². The maximum absolute atomic E-state index is 11.7. The SMILES string of the molecule is CCCCCCCCCCCCCCCCc1ccc(/N=N/c2ccc(OCOC(=O)C(C)CC)cc2)cc1. The van der Waals surface area contributed by atoms with E-state index >= 15 is 0 Å². The second-order valence-electron chi connectivity index (χ2n) is 10.7. The third-order valence-corrected chi connectivity index (χ3v) is 7.31. The van der Waals surface area contributed by atoms with Crippen LogP contribution in [0.1, 0.15) is 123 Å². The van der Waals surface area contributed by atoms with Crippen molar-refractivity contribution >= 4 is 17.3 Å². The summed E-state index contributed by atoms with van der Waals surface area (Å²) in [5, 5.41) is 8.67. The highest BCUT2D eigenvalue weighted by molar-refractivity contribution is 5.71. The van der Waals surface area contributed by atoms with Crippen LogP contribution in [-0.2, 0) is 16.0 Å². The zero-order chi connectivity index (χ0) is 28.0. The lowest BCUT2D eigenvalue weighted by Crippen LogP contribution is -2.17. The van der Waals surface area contributed by atoms with Crippen molar-refractivity contribution in [3.63, 3.8) is 0 Å². The lowest BCUT2D eigenvalue weighted by molar-refractivity contribution is -0.154. The van der Waals surface area contributed by atoms with Gasteiger partial charge >= 0.3 is 5.97 Å². The number of nitrogens with zero attached hydrogens (tertiary/aromatic N) is 2. The van der Waals surface area contributed by atoms with Gasteiger partial charge in [0.2, 0.25) is 6.79 Å². The number of aryl methyl sites for hydroxylation is 1. The Morgan fingerprint density at radius 3 is 1.62 bits per heavy atom. The van der Waals surface area contributed by atoms with Crippen LogP contribution in [0.5, 0.6) is 5.75 Å². The predicted molar refractivity (Wildman–Crippen MR) is 162 cm³/mol. The Hall–Kier alpha value is -2.69. The van der Waals surface area contributed by atoms with Gasteiger partial charge < -0.3 is 9.47 Å². The van der Waals surface area contributed by atoms with Gasteiger partial charge in [0.1, 0.15) is 5.75 Å². The fraction of sp³-hybridized carbons (Fsp3) is 0.618. The van der Waals surface area contributed by atoms with Crippen LogP contribution in [-0.4, -0.2) is 12.8 Å². The van der Waals surface area contributed by atoms with E-state index in [-0.39, 0.29) is 18.7 Å². The maximum Gasteiger partial charge on any atom is 0.311 e. The van der Waals surface area contributed by atoms with Crippen LogP contribution >= 0.6 is 0 Å². The van der Waals surface area contributed by atoms with Crippen LogP contribution < -0.4 is 4.74 Å². The molecule has 0 spiro atoms. The van der Waals surface area contributed by atoms with Crippen molar-refractivity contribution in [1.82, 2.24) is 0 Å². The Labute approximate surface area is 237 Å². The molecule has 0 fully saturated rings. The minimum atomic E-state index is -0.242. The first-order chi connectivity index (χ1) is 19.1. The molecule has 0 heterocycles. The van der Waals surface area contributed by atoms with Gasteiger partial charge in [-0.25, -0.2) is 0 Å². The van der Waals surface area contributed by atoms with Crippen molar-refractivity contribution < 1.29 is 14.3 Å². The fourth-order valence-electron chi connectivity index (χ4n) is 4.44. The van der Waals surface area contributed by atoms with Crippen LogP contribution in [0.3, 0.4) is 0 Å². The average molecular weight is 537 g/mol. The summed E-state index contributed by atoms with van der Waals surface area (Å²) in [5.41, 5.74) is 2.95. The van der Waals surface area contributed by atoms with Crippen molar-refractivity contribution in [2.24, 2.45) is 16.1 Å². The van der Waals surface area contributed by atoms with Crippen molar-refractivity contribution in [1.29, 1.82) is 0 Å². The predicted octanol–water partition coefficient (Wildman–Crippen LogP) is 11.1. The first kappa shape index (κ1) is 32.5. The number of unbranched alkanes of at least 4 members (excludes halogenated alkanes) is 13. The highest BCUT2D eigenvalue weighted by Crippen LogP contribution is 2.22. The van der Waals surface area contributed by atoms with Gasteiger partial charge in [0.25, 0.3) is 0 Å². The summed E-state index contributed by atoms with van der Waals surface area (Å²) in [4.78, 5) is 11.7. The van der Waals surface area contributed by atoms with Gasteiger partial charge in [0.15, 0.2) is 0 Å². The van der Waals surface area contributed by atoms with E-state index in [2.05, 4.69) is 29.3 Å². The summed E-state index contributed by atoms with van der Waals surface area (Å²) in [6.45, 7) is 5.99. The van der Waals surface area contributed by atoms with Gasteiger partial charge in [-0.3, -0.25) is 4.79 Å². The zero-order valence-corrected chi connectivity index (χ0v) is 24.8. The third kappa shape index (κ3) is 15.5. The topological polar surface area (TPSA) is 60.3 Å². The number of carbonyl (C=O) groups is 1. The Morgan fingerprint density at radius 2 is 1.13 bits per heavy atom. The van der Waals surface area contributed by atoms with E-state index in [1.807, 2.05) is 38.1 Å². The summed E-state index contributed by atoms with van der Waals surface area (Å²) in [6, 6.07) is 15.6. The second kappa shape index (κ2) is 21.2. The number of hydrogen-bond acceptors (Lipinski definition) is 5. The molecule has 0 bridgehead atoms. The molecule has 39 heavy (non-hydrogen) atoms. The van der Waals surface area contributed by atoms with Crippen LogP contribution in [0, 0.1) is 5.92 Å². The Kier molecular flexibility index (Phi) is 17.7. The zero-order valence-electron chi connectivity index (χ0n) is 24.8. The summed E-state index contributed by atoms with van der Waals surface area (Å²) < 4.78 is 10.6. The highest BCUT2D eigenvalue weighted by atomic mass is 16.7. The molecule has 0 N–H and O–H groups in total. The van der Waals surface area contributed by atoms with Gasteiger partial charge in [-0.15, -0.1) is 0 Å². The summed E-state index contributed by atoms with van der Waals surface area (Å²) in [7, 11) is 0. The summed E-state index contributed by atoms with van der Waals surface area (Å²) in [5.74, 6) is 0.266. The molecule has 5 nitrogen and oxygen atoms in total. The molecule has 0 saturated heterocycles. The lowest BCUT2D eigenvalue weighted by atomic mass is 10.0. The first-order valence-corrected chi connectivity index (χ1v) is 15.5. The minimum absolute atomic E-state index is 0.0876. The Morgan fingerprint density at radius 1 is 0.667 bits per heavy atom. The van der Waals surface area contributed by atoms with E-state index in [1.165, 1.54) is 95.5 Å². The van der Waals surface area contributed by atoms with Gasteiger partial charge in [-0.1, -0.05) is 116 Å². The monoisotopic (exact) mass is 536 g/mol. The molecule has 2 rings (SSSR count). The van der Waals surface area contributed by atoms with Gasteiger partial charge in [0.05, 0.1) is 17.3 Å². The maximum atomic E-state index is 11.7. The molecule has 0 radical (unpaired) electrons. The minimum Gasteiger partial charge on any atom is -0.457 e. The molecule has 1 unspecified atom stereocenters. The van der Waals surface area contributed by atoms with E-state index in [1.54, 1.807) is 12.1 Å². The smallest absolute Gasteiger partial charge is 0.311 e. The van der Waals surface area contributed by atoms with Crippen molar-refractivity contribution in [3.8, 4) is 5.75 Å². The molecule has 5 heteroatoms. The van der Waals surface area contributed by atoms with E-state index in [4.69, 9.17) is 9.47 Å². The lowest BCUT2D eigenvalue weighted by Gasteiger charge is -2.10. The molecule has 2 aromatic rings. The van der Waals surface area contributed by atoms with Gasteiger partial charge in [0, 0.05) is 0 Å². The highest BCUT2D eigenvalue weighted by Gasteiger charge is 2.11. The normalized spacial score (nSPS) is 12.1. The molecule has 0 aromatic heterocycles. The number of carbonyl (C=O) groups excluding carboxylic acids is 1. The van der Waals surface area contributed by atoms with Crippen molar-refractivity contribution in [2.75, 3.05) is 6.79 Å². The standard InChI is InChI=1S/C34H52N2O3/c1-4-6-7-8-9-10-11-12-13-14-15-16-17-18-19-30-20-22-31(23-21-30)35-36-32-24-26-33(27-25-32)38-28-39-34(37)29(3)5-2/h20-27,29H,4-19,28H2,1-3H3/b36-35+. The number of esters is 1. The molecular weight excluding hydrogens is 484 g/mol. The van der Waals surface area contributed by atoms with E-state index < -0.39 is 0 Å². The Balaban J connectivity index is 1.53. The number of azo groups is 1. The van der Waals surface area contributed by atoms with Gasteiger partial charge in [-0.05, 0) is 61.2 Å². The van der Waals surface area contributed by atoms with Crippen molar-refractivity contribution in [2.45, 2.75) is 124 Å². The Bertz CT molecular complexity index is 909. The van der Waals surface area contributed by atoms with Crippen LogP contribution in [0.15, 0.2) is 58.8 Å². The molecule has 0 aliphatic heterocycles. The molecule has 0 saturated carbocycles. The first-order valence-electron chi connectivity index (χ1n) is 15.5. The molecule has 0 aliphatic rings.